The summed E-state index contributed by atoms with van der Waals surface area (Å²) < 4.78 is 13.5. The van der Waals surface area contributed by atoms with E-state index in [-0.39, 0.29) is 5.91 Å². The van der Waals surface area contributed by atoms with Crippen molar-refractivity contribution in [3.05, 3.63) is 53.9 Å². The number of aryl methyl sites for hydroxylation is 1. The van der Waals surface area contributed by atoms with Crippen molar-refractivity contribution in [2.45, 2.75) is 33.7 Å². The zero-order chi connectivity index (χ0) is 18.5. The van der Waals surface area contributed by atoms with E-state index in [2.05, 4.69) is 19.2 Å². The number of hydrogen-bond acceptors (Lipinski definition) is 3. The fourth-order valence-corrected chi connectivity index (χ4v) is 2.93. The van der Waals surface area contributed by atoms with Gasteiger partial charge in [0, 0.05) is 18.7 Å². The monoisotopic (exact) mass is 354 g/mol. The summed E-state index contributed by atoms with van der Waals surface area (Å²) in [7, 11) is 0. The maximum absolute atomic E-state index is 12.6. The molecule has 1 N–H and O–H groups in total. The second kappa shape index (κ2) is 8.13. The van der Waals surface area contributed by atoms with Crippen LogP contribution in [0.15, 0.2) is 46.9 Å². The molecule has 0 unspecified atom stereocenters. The van der Waals surface area contributed by atoms with Gasteiger partial charge in [-0.25, -0.2) is 0 Å². The Morgan fingerprint density at radius 2 is 2.00 bits per heavy atom. The highest BCUT2D eigenvalue weighted by molar-refractivity contribution is 5.97. The van der Waals surface area contributed by atoms with Crippen molar-refractivity contribution in [2.24, 2.45) is 5.92 Å². The molecule has 0 saturated carbocycles. The SMILES string of the molecule is Cc1cc2c(cc(C(=O)NCCC(C)C)n2CCOc2ccccc2)o1. The lowest BCUT2D eigenvalue weighted by Crippen LogP contribution is -2.28. The molecular weight excluding hydrogens is 328 g/mol. The number of benzene rings is 1. The van der Waals surface area contributed by atoms with Gasteiger partial charge in [0.15, 0.2) is 5.58 Å². The summed E-state index contributed by atoms with van der Waals surface area (Å²) in [6.45, 7) is 7.92. The third kappa shape index (κ3) is 4.28. The lowest BCUT2D eigenvalue weighted by molar-refractivity contribution is 0.0942. The molecular formula is C21H26N2O3. The van der Waals surface area contributed by atoms with Crippen LogP contribution in [0, 0.1) is 12.8 Å². The smallest absolute Gasteiger partial charge is 0.268 e. The fourth-order valence-electron chi connectivity index (χ4n) is 2.93. The number of amides is 1. The third-order valence-electron chi connectivity index (χ3n) is 4.28. The molecule has 1 amide bonds. The quantitative estimate of drug-likeness (QED) is 0.652. The number of ether oxygens (including phenoxy) is 1. The molecule has 0 spiro atoms. The van der Waals surface area contributed by atoms with E-state index < -0.39 is 0 Å². The van der Waals surface area contributed by atoms with E-state index >= 15 is 0 Å². The number of carbonyl (C=O) groups is 1. The molecule has 0 fully saturated rings. The molecule has 0 atom stereocenters. The van der Waals surface area contributed by atoms with Crippen molar-refractivity contribution >= 4 is 17.0 Å². The highest BCUT2D eigenvalue weighted by Crippen LogP contribution is 2.24. The topological polar surface area (TPSA) is 56.4 Å². The number of furan rings is 1. The van der Waals surface area contributed by atoms with E-state index in [4.69, 9.17) is 9.15 Å². The van der Waals surface area contributed by atoms with E-state index in [1.54, 1.807) is 0 Å². The van der Waals surface area contributed by atoms with Crippen molar-refractivity contribution < 1.29 is 13.9 Å². The number of rotatable bonds is 8. The Bertz CT molecular complexity index is 862. The summed E-state index contributed by atoms with van der Waals surface area (Å²) in [6, 6.07) is 13.5. The Balaban J connectivity index is 1.74. The molecule has 5 heteroatoms. The Labute approximate surface area is 153 Å². The van der Waals surface area contributed by atoms with E-state index in [0.717, 1.165) is 29.0 Å². The Kier molecular flexibility index (Phi) is 5.66. The highest BCUT2D eigenvalue weighted by atomic mass is 16.5. The first kappa shape index (κ1) is 18.1. The molecule has 0 aliphatic heterocycles. The van der Waals surface area contributed by atoms with Crippen LogP contribution in [0.4, 0.5) is 0 Å². The van der Waals surface area contributed by atoms with E-state index in [0.29, 0.717) is 31.3 Å². The first-order valence-electron chi connectivity index (χ1n) is 9.10. The summed E-state index contributed by atoms with van der Waals surface area (Å²) in [5, 5.41) is 3.00. The van der Waals surface area contributed by atoms with Gasteiger partial charge < -0.3 is 19.0 Å². The van der Waals surface area contributed by atoms with Crippen LogP contribution in [0.5, 0.6) is 5.75 Å². The number of nitrogens with one attached hydrogen (secondary N) is 1. The second-order valence-corrected chi connectivity index (χ2v) is 6.89. The van der Waals surface area contributed by atoms with Crippen LogP contribution >= 0.6 is 0 Å². The minimum Gasteiger partial charge on any atom is -0.492 e. The molecule has 0 bridgehead atoms. The molecule has 0 saturated heterocycles. The molecule has 0 radical (unpaired) electrons. The first-order valence-corrected chi connectivity index (χ1v) is 9.10. The van der Waals surface area contributed by atoms with Crippen molar-refractivity contribution in [3.8, 4) is 5.75 Å². The Morgan fingerprint density at radius 3 is 2.73 bits per heavy atom. The third-order valence-corrected chi connectivity index (χ3v) is 4.28. The molecule has 2 aromatic heterocycles. The predicted octanol–water partition coefficient (Wildman–Crippen LogP) is 4.40. The van der Waals surface area contributed by atoms with Crippen LogP contribution in [0.3, 0.4) is 0 Å². The van der Waals surface area contributed by atoms with E-state index in [1.807, 2.05) is 54.0 Å². The zero-order valence-corrected chi connectivity index (χ0v) is 15.6. The molecule has 0 aliphatic carbocycles. The normalized spacial score (nSPS) is 11.2. The van der Waals surface area contributed by atoms with Crippen LogP contribution in [-0.4, -0.2) is 23.6 Å². The van der Waals surface area contributed by atoms with Gasteiger partial charge in [-0.2, -0.15) is 0 Å². The minimum absolute atomic E-state index is 0.0746. The molecule has 1 aromatic carbocycles. The molecule has 3 rings (SSSR count). The lowest BCUT2D eigenvalue weighted by atomic mass is 10.1. The van der Waals surface area contributed by atoms with Crippen molar-refractivity contribution in [2.75, 3.05) is 13.2 Å². The number of carbonyl (C=O) groups excluding carboxylic acids is 1. The maximum Gasteiger partial charge on any atom is 0.268 e. The van der Waals surface area contributed by atoms with E-state index in [1.165, 1.54) is 0 Å². The molecule has 138 valence electrons. The van der Waals surface area contributed by atoms with Gasteiger partial charge in [-0.15, -0.1) is 0 Å². The largest absolute Gasteiger partial charge is 0.492 e. The number of fused-ring (bicyclic) bond motifs is 1. The van der Waals surface area contributed by atoms with Crippen molar-refractivity contribution in [1.82, 2.24) is 9.88 Å². The van der Waals surface area contributed by atoms with Gasteiger partial charge in [-0.05, 0) is 31.4 Å². The molecule has 2 heterocycles. The first-order chi connectivity index (χ1) is 12.5. The fraction of sp³-hybridized carbons (Fsp3) is 0.381. The van der Waals surface area contributed by atoms with Crippen LogP contribution in [0.2, 0.25) is 0 Å². The van der Waals surface area contributed by atoms with Gasteiger partial charge in [0.2, 0.25) is 0 Å². The zero-order valence-electron chi connectivity index (χ0n) is 15.6. The molecule has 0 aliphatic rings. The van der Waals surface area contributed by atoms with Gasteiger partial charge in [-0.3, -0.25) is 4.79 Å². The van der Waals surface area contributed by atoms with Crippen molar-refractivity contribution in [3.63, 3.8) is 0 Å². The summed E-state index contributed by atoms with van der Waals surface area (Å²) in [4.78, 5) is 12.6. The van der Waals surface area contributed by atoms with Crippen LogP contribution < -0.4 is 10.1 Å². The minimum atomic E-state index is -0.0746. The van der Waals surface area contributed by atoms with Crippen LogP contribution in [0.1, 0.15) is 36.5 Å². The summed E-state index contributed by atoms with van der Waals surface area (Å²) in [5.41, 5.74) is 2.27. The average Bonchev–Trinajstić information content (AvgIpc) is 3.12. The summed E-state index contributed by atoms with van der Waals surface area (Å²) >= 11 is 0. The van der Waals surface area contributed by atoms with Gasteiger partial charge in [0.05, 0.1) is 12.1 Å². The Hall–Kier alpha value is -2.69. The van der Waals surface area contributed by atoms with Crippen LogP contribution in [0.25, 0.3) is 11.1 Å². The summed E-state index contributed by atoms with van der Waals surface area (Å²) in [6.07, 6.45) is 0.957. The number of nitrogens with zero attached hydrogens (tertiary/aromatic N) is 1. The molecule has 3 aromatic rings. The second-order valence-electron chi connectivity index (χ2n) is 6.89. The van der Waals surface area contributed by atoms with Crippen molar-refractivity contribution in [1.29, 1.82) is 0 Å². The van der Waals surface area contributed by atoms with Gasteiger partial charge in [0.25, 0.3) is 5.91 Å². The van der Waals surface area contributed by atoms with Crippen LogP contribution in [-0.2, 0) is 6.54 Å². The average molecular weight is 354 g/mol. The number of aromatic nitrogens is 1. The van der Waals surface area contributed by atoms with Gasteiger partial charge >= 0.3 is 0 Å². The van der Waals surface area contributed by atoms with Gasteiger partial charge in [-0.1, -0.05) is 32.0 Å². The number of hydrogen-bond donors (Lipinski definition) is 1. The maximum atomic E-state index is 12.6. The molecule has 26 heavy (non-hydrogen) atoms. The highest BCUT2D eigenvalue weighted by Gasteiger charge is 2.18. The van der Waals surface area contributed by atoms with Gasteiger partial charge in [0.1, 0.15) is 23.8 Å². The lowest BCUT2D eigenvalue weighted by Gasteiger charge is -2.12. The predicted molar refractivity (Wildman–Crippen MR) is 103 cm³/mol. The number of para-hydroxylation sites is 1. The van der Waals surface area contributed by atoms with E-state index in [9.17, 15) is 4.79 Å². The summed E-state index contributed by atoms with van der Waals surface area (Å²) in [5.74, 6) is 2.14. The molecule has 5 nitrogen and oxygen atoms in total. The Morgan fingerprint density at radius 1 is 1.23 bits per heavy atom. The standard InChI is InChI=1S/C21H26N2O3/c1-15(2)9-10-22-21(24)19-14-20-18(13-16(3)26-20)23(19)11-12-25-17-7-5-4-6-8-17/h4-8,13-15H,9-12H2,1-3H3,(H,22,24).